The number of pyridine rings is 1. The first-order valence-corrected chi connectivity index (χ1v) is 8.66. The van der Waals surface area contributed by atoms with Crippen molar-refractivity contribution >= 4 is 16.5 Å². The molecule has 0 atom stereocenters. The first-order chi connectivity index (χ1) is 10.7. The fourth-order valence-corrected chi connectivity index (χ4v) is 3.41. The normalized spacial score (nSPS) is 16.2. The minimum absolute atomic E-state index is 0.454. The van der Waals surface area contributed by atoms with Gasteiger partial charge in [-0.25, -0.2) is 4.98 Å². The van der Waals surface area contributed by atoms with E-state index in [2.05, 4.69) is 33.9 Å². The predicted octanol–water partition coefficient (Wildman–Crippen LogP) is 3.35. The number of ether oxygens (including phenoxy) is 1. The smallest absolute Gasteiger partial charge is 0.213 e. The van der Waals surface area contributed by atoms with E-state index in [0.717, 1.165) is 48.6 Å². The minimum atomic E-state index is 0.454. The highest BCUT2D eigenvalue weighted by Gasteiger charge is 2.22. The third-order valence-corrected chi connectivity index (χ3v) is 5.20. The van der Waals surface area contributed by atoms with Crippen LogP contribution in [0.2, 0.25) is 0 Å². The average molecular weight is 318 g/mol. The molecule has 0 amide bonds. The molecule has 2 aromatic heterocycles. The van der Waals surface area contributed by atoms with E-state index in [0.29, 0.717) is 11.8 Å². The summed E-state index contributed by atoms with van der Waals surface area (Å²) in [6, 6.07) is 5.76. The summed E-state index contributed by atoms with van der Waals surface area (Å²) in [5.41, 5.74) is 0. The molecule has 1 fully saturated rings. The first kappa shape index (κ1) is 15.2. The summed E-state index contributed by atoms with van der Waals surface area (Å²) in [6.07, 6.45) is 4.02. The van der Waals surface area contributed by atoms with Gasteiger partial charge in [-0.3, -0.25) is 0 Å². The SMILES string of the molecule is CC(C)c1nnc(N2CCC(COc3ccccn3)CC2)s1. The number of hydrogen-bond acceptors (Lipinski definition) is 6. The van der Waals surface area contributed by atoms with Crippen LogP contribution in [0.3, 0.4) is 0 Å². The van der Waals surface area contributed by atoms with Crippen molar-refractivity contribution in [3.63, 3.8) is 0 Å². The molecule has 0 bridgehead atoms. The van der Waals surface area contributed by atoms with E-state index in [1.807, 2.05) is 18.2 Å². The second-order valence-corrected chi connectivity index (χ2v) is 6.97. The number of rotatable bonds is 5. The zero-order valence-electron chi connectivity index (χ0n) is 13.1. The van der Waals surface area contributed by atoms with Crippen molar-refractivity contribution in [1.82, 2.24) is 15.2 Å². The average Bonchev–Trinajstić information content (AvgIpc) is 3.05. The molecule has 3 rings (SSSR count). The van der Waals surface area contributed by atoms with E-state index in [4.69, 9.17) is 4.74 Å². The Balaban J connectivity index is 1.47. The Bertz CT molecular complexity index is 579. The summed E-state index contributed by atoms with van der Waals surface area (Å²) < 4.78 is 5.77. The van der Waals surface area contributed by atoms with Crippen molar-refractivity contribution in [1.29, 1.82) is 0 Å². The fourth-order valence-electron chi connectivity index (χ4n) is 2.51. The standard InChI is InChI=1S/C16H22N4OS/c1-12(2)15-18-19-16(22-15)20-9-6-13(7-10-20)11-21-14-5-3-4-8-17-14/h3-5,8,12-13H,6-7,9-11H2,1-2H3. The molecule has 6 heteroatoms. The molecule has 0 N–H and O–H groups in total. The zero-order chi connectivity index (χ0) is 15.4. The molecule has 0 unspecified atom stereocenters. The lowest BCUT2D eigenvalue weighted by Crippen LogP contribution is -2.35. The van der Waals surface area contributed by atoms with Gasteiger partial charge in [-0.15, -0.1) is 10.2 Å². The molecule has 118 valence electrons. The van der Waals surface area contributed by atoms with Crippen LogP contribution in [0.25, 0.3) is 0 Å². The van der Waals surface area contributed by atoms with E-state index in [-0.39, 0.29) is 0 Å². The number of nitrogens with zero attached hydrogens (tertiary/aromatic N) is 4. The van der Waals surface area contributed by atoms with Crippen molar-refractivity contribution in [3.05, 3.63) is 29.4 Å². The van der Waals surface area contributed by atoms with Crippen LogP contribution in [-0.4, -0.2) is 34.9 Å². The highest BCUT2D eigenvalue weighted by atomic mass is 32.1. The molecule has 0 radical (unpaired) electrons. The molecule has 1 aliphatic heterocycles. The van der Waals surface area contributed by atoms with Crippen LogP contribution in [-0.2, 0) is 0 Å². The highest BCUT2D eigenvalue weighted by molar-refractivity contribution is 7.15. The molecule has 2 aromatic rings. The fraction of sp³-hybridized carbons (Fsp3) is 0.562. The van der Waals surface area contributed by atoms with Crippen molar-refractivity contribution in [2.24, 2.45) is 5.92 Å². The van der Waals surface area contributed by atoms with Crippen LogP contribution < -0.4 is 9.64 Å². The summed E-state index contributed by atoms with van der Waals surface area (Å²) in [5, 5.41) is 10.8. The van der Waals surface area contributed by atoms with E-state index in [1.165, 1.54) is 0 Å². The largest absolute Gasteiger partial charge is 0.477 e. The summed E-state index contributed by atoms with van der Waals surface area (Å²) >= 11 is 1.72. The van der Waals surface area contributed by atoms with Gasteiger partial charge in [-0.05, 0) is 24.8 Å². The lowest BCUT2D eigenvalue weighted by atomic mass is 9.98. The predicted molar refractivity (Wildman–Crippen MR) is 88.7 cm³/mol. The summed E-state index contributed by atoms with van der Waals surface area (Å²) in [7, 11) is 0. The maximum Gasteiger partial charge on any atom is 0.213 e. The van der Waals surface area contributed by atoms with Crippen LogP contribution in [0, 0.1) is 5.92 Å². The van der Waals surface area contributed by atoms with Gasteiger partial charge in [0.05, 0.1) is 6.61 Å². The van der Waals surface area contributed by atoms with E-state index in [1.54, 1.807) is 17.5 Å². The summed E-state index contributed by atoms with van der Waals surface area (Å²) in [5.74, 6) is 1.77. The van der Waals surface area contributed by atoms with Crippen LogP contribution in [0.5, 0.6) is 5.88 Å². The number of aromatic nitrogens is 3. The van der Waals surface area contributed by atoms with Gasteiger partial charge in [0.2, 0.25) is 11.0 Å². The molecule has 0 spiro atoms. The van der Waals surface area contributed by atoms with Gasteiger partial charge < -0.3 is 9.64 Å². The third-order valence-electron chi connectivity index (χ3n) is 3.91. The van der Waals surface area contributed by atoms with Gasteiger partial charge in [0.25, 0.3) is 0 Å². The lowest BCUT2D eigenvalue weighted by Gasteiger charge is -2.31. The minimum Gasteiger partial charge on any atom is -0.477 e. The first-order valence-electron chi connectivity index (χ1n) is 7.84. The van der Waals surface area contributed by atoms with Gasteiger partial charge in [-0.1, -0.05) is 31.3 Å². The molecule has 0 aromatic carbocycles. The number of piperidine rings is 1. The molecule has 22 heavy (non-hydrogen) atoms. The molecule has 5 nitrogen and oxygen atoms in total. The maximum atomic E-state index is 5.77. The quantitative estimate of drug-likeness (QED) is 0.846. The topological polar surface area (TPSA) is 51.1 Å². The van der Waals surface area contributed by atoms with Crippen molar-refractivity contribution in [2.75, 3.05) is 24.6 Å². The van der Waals surface area contributed by atoms with Crippen molar-refractivity contribution in [3.8, 4) is 5.88 Å². The second-order valence-electron chi connectivity index (χ2n) is 5.99. The summed E-state index contributed by atoms with van der Waals surface area (Å²) in [4.78, 5) is 6.54. The number of hydrogen-bond donors (Lipinski definition) is 0. The Morgan fingerprint density at radius 1 is 1.27 bits per heavy atom. The monoisotopic (exact) mass is 318 g/mol. The Morgan fingerprint density at radius 2 is 2.09 bits per heavy atom. The zero-order valence-corrected chi connectivity index (χ0v) is 13.9. The van der Waals surface area contributed by atoms with Gasteiger partial charge in [0, 0.05) is 31.3 Å². The van der Waals surface area contributed by atoms with Crippen molar-refractivity contribution < 1.29 is 4.74 Å². The van der Waals surface area contributed by atoms with E-state index >= 15 is 0 Å². The van der Waals surface area contributed by atoms with Gasteiger partial charge in [0.15, 0.2) is 0 Å². The second kappa shape index (κ2) is 7.05. The van der Waals surface area contributed by atoms with E-state index < -0.39 is 0 Å². The molecular weight excluding hydrogens is 296 g/mol. The van der Waals surface area contributed by atoms with Crippen LogP contribution in [0.4, 0.5) is 5.13 Å². The Morgan fingerprint density at radius 3 is 2.73 bits per heavy atom. The van der Waals surface area contributed by atoms with Gasteiger partial charge >= 0.3 is 0 Å². The molecule has 0 aliphatic carbocycles. The molecule has 0 saturated carbocycles. The summed E-state index contributed by atoms with van der Waals surface area (Å²) in [6.45, 7) is 7.13. The molecule has 1 saturated heterocycles. The highest BCUT2D eigenvalue weighted by Crippen LogP contribution is 2.29. The lowest BCUT2D eigenvalue weighted by molar-refractivity contribution is 0.216. The molecule has 1 aliphatic rings. The van der Waals surface area contributed by atoms with Crippen LogP contribution in [0.15, 0.2) is 24.4 Å². The van der Waals surface area contributed by atoms with Crippen LogP contribution in [0.1, 0.15) is 37.6 Å². The van der Waals surface area contributed by atoms with E-state index in [9.17, 15) is 0 Å². The van der Waals surface area contributed by atoms with Crippen molar-refractivity contribution in [2.45, 2.75) is 32.6 Å². The Hall–Kier alpha value is -1.69. The molecular formula is C16H22N4OS. The Kier molecular flexibility index (Phi) is 4.87. The van der Waals surface area contributed by atoms with Crippen LogP contribution >= 0.6 is 11.3 Å². The number of anilines is 1. The third kappa shape index (κ3) is 3.74. The maximum absolute atomic E-state index is 5.77. The Labute approximate surface area is 135 Å². The molecule has 3 heterocycles. The van der Waals surface area contributed by atoms with Gasteiger partial charge in [-0.2, -0.15) is 0 Å². The van der Waals surface area contributed by atoms with Gasteiger partial charge in [0.1, 0.15) is 5.01 Å².